The molecule has 76 valence electrons. The van der Waals surface area contributed by atoms with E-state index in [2.05, 4.69) is 15.3 Å². The van der Waals surface area contributed by atoms with Crippen molar-refractivity contribution in [2.24, 2.45) is 0 Å². The zero-order valence-electron chi connectivity index (χ0n) is 7.85. The number of amides is 1. The highest BCUT2D eigenvalue weighted by Gasteiger charge is 2.12. The van der Waals surface area contributed by atoms with Gasteiger partial charge in [-0.25, -0.2) is 9.97 Å². The van der Waals surface area contributed by atoms with Gasteiger partial charge in [-0.2, -0.15) is 0 Å². The first-order valence-corrected chi connectivity index (χ1v) is 4.06. The van der Waals surface area contributed by atoms with Gasteiger partial charge in [-0.05, 0) is 13.8 Å². The van der Waals surface area contributed by atoms with E-state index < -0.39 is 17.7 Å². The van der Waals surface area contributed by atoms with Gasteiger partial charge in [0.2, 0.25) is 0 Å². The molecule has 0 aliphatic rings. The Hall–Kier alpha value is -1.85. The van der Waals surface area contributed by atoms with Gasteiger partial charge in [0.15, 0.2) is 5.69 Å². The monoisotopic (exact) mass is 197 g/mol. The van der Waals surface area contributed by atoms with E-state index in [1.54, 1.807) is 13.8 Å². The van der Waals surface area contributed by atoms with Gasteiger partial charge in [-0.3, -0.25) is 4.79 Å². The van der Waals surface area contributed by atoms with Gasteiger partial charge < -0.3 is 15.5 Å². The second-order valence-corrected chi connectivity index (χ2v) is 3.03. The molecule has 0 saturated heterocycles. The summed E-state index contributed by atoms with van der Waals surface area (Å²) in [6, 6.07) is -0.0276. The van der Waals surface area contributed by atoms with Crippen LogP contribution in [0.5, 0.6) is 11.8 Å². The largest absolute Gasteiger partial charge is 0.489 e. The molecule has 3 N–H and O–H groups in total. The predicted molar refractivity (Wildman–Crippen MR) is 48.0 cm³/mol. The number of carbonyl (C=O) groups excluding carboxylic acids is 1. The first kappa shape index (κ1) is 10.2. The van der Waals surface area contributed by atoms with Crippen LogP contribution in [-0.2, 0) is 0 Å². The molecular weight excluding hydrogens is 186 g/mol. The highest BCUT2D eigenvalue weighted by molar-refractivity contribution is 5.92. The lowest BCUT2D eigenvalue weighted by Gasteiger charge is -2.07. The molecule has 0 aliphatic heterocycles. The van der Waals surface area contributed by atoms with Crippen LogP contribution in [-0.4, -0.2) is 32.1 Å². The van der Waals surface area contributed by atoms with E-state index in [9.17, 15) is 4.79 Å². The van der Waals surface area contributed by atoms with Crippen molar-refractivity contribution >= 4 is 5.91 Å². The van der Waals surface area contributed by atoms with E-state index in [0.29, 0.717) is 0 Å². The maximum absolute atomic E-state index is 11.3. The van der Waals surface area contributed by atoms with Crippen molar-refractivity contribution in [3.63, 3.8) is 0 Å². The van der Waals surface area contributed by atoms with E-state index in [1.165, 1.54) is 0 Å². The molecule has 1 rings (SSSR count). The summed E-state index contributed by atoms with van der Waals surface area (Å²) < 4.78 is 0. The predicted octanol–water partition coefficient (Wildman–Crippen LogP) is 0.0260. The molecule has 0 aromatic carbocycles. The third-order valence-corrected chi connectivity index (χ3v) is 1.39. The minimum Gasteiger partial charge on any atom is -0.489 e. The van der Waals surface area contributed by atoms with Crippen LogP contribution in [0.4, 0.5) is 0 Å². The Morgan fingerprint density at radius 1 is 1.43 bits per heavy atom. The molecule has 0 spiro atoms. The maximum atomic E-state index is 11.3. The standard InChI is InChI=1S/C8H11N3O3/c1-4(2)10-6(12)5-3-9-7(13)8(14)11-5/h3-4H,1-2H3,(H,9,13)(H,10,12)(H,11,14). The number of aromatic nitrogens is 2. The van der Waals surface area contributed by atoms with E-state index in [4.69, 9.17) is 10.2 Å². The zero-order chi connectivity index (χ0) is 10.7. The van der Waals surface area contributed by atoms with E-state index in [0.717, 1.165) is 6.20 Å². The Bertz CT molecular complexity index is 352. The van der Waals surface area contributed by atoms with Gasteiger partial charge in [0, 0.05) is 6.04 Å². The van der Waals surface area contributed by atoms with Crippen molar-refractivity contribution in [1.29, 1.82) is 0 Å². The number of carbonyl (C=O) groups is 1. The van der Waals surface area contributed by atoms with E-state index in [1.807, 2.05) is 0 Å². The molecule has 0 fully saturated rings. The van der Waals surface area contributed by atoms with Gasteiger partial charge in [-0.15, -0.1) is 0 Å². The number of rotatable bonds is 2. The maximum Gasteiger partial charge on any atom is 0.276 e. The Morgan fingerprint density at radius 3 is 2.57 bits per heavy atom. The third kappa shape index (κ3) is 2.32. The molecule has 1 amide bonds. The minimum atomic E-state index is -0.651. The average Bonchev–Trinajstić information content (AvgIpc) is 2.08. The number of nitrogens with one attached hydrogen (secondary N) is 1. The fourth-order valence-electron chi connectivity index (χ4n) is 0.819. The van der Waals surface area contributed by atoms with Crippen LogP contribution >= 0.6 is 0 Å². The molecule has 1 heterocycles. The summed E-state index contributed by atoms with van der Waals surface area (Å²) in [7, 11) is 0. The molecule has 0 unspecified atom stereocenters. The molecular formula is C8H11N3O3. The Balaban J connectivity index is 2.86. The van der Waals surface area contributed by atoms with E-state index >= 15 is 0 Å². The Kier molecular flexibility index (Phi) is 2.85. The van der Waals surface area contributed by atoms with Crippen molar-refractivity contribution in [3.8, 4) is 11.8 Å². The van der Waals surface area contributed by atoms with Gasteiger partial charge >= 0.3 is 0 Å². The molecule has 1 aromatic rings. The fourth-order valence-corrected chi connectivity index (χ4v) is 0.819. The topological polar surface area (TPSA) is 95.3 Å². The average molecular weight is 197 g/mol. The van der Waals surface area contributed by atoms with Crippen LogP contribution in [0.1, 0.15) is 24.3 Å². The number of aromatic hydroxyl groups is 2. The first-order chi connectivity index (χ1) is 6.50. The molecule has 0 saturated carbocycles. The Labute approximate surface area is 80.6 Å². The molecule has 14 heavy (non-hydrogen) atoms. The molecule has 0 bridgehead atoms. The minimum absolute atomic E-state index is 0.0276. The van der Waals surface area contributed by atoms with Crippen LogP contribution in [0.3, 0.4) is 0 Å². The fraction of sp³-hybridized carbons (Fsp3) is 0.375. The molecule has 1 aromatic heterocycles. The van der Waals surface area contributed by atoms with Crippen molar-refractivity contribution in [1.82, 2.24) is 15.3 Å². The molecule has 0 aliphatic carbocycles. The summed E-state index contributed by atoms with van der Waals surface area (Å²) >= 11 is 0. The summed E-state index contributed by atoms with van der Waals surface area (Å²) in [5.74, 6) is -1.68. The smallest absolute Gasteiger partial charge is 0.276 e. The van der Waals surface area contributed by atoms with Crippen LogP contribution < -0.4 is 5.32 Å². The summed E-state index contributed by atoms with van der Waals surface area (Å²) in [6.07, 6.45) is 1.09. The van der Waals surface area contributed by atoms with Crippen molar-refractivity contribution in [3.05, 3.63) is 11.9 Å². The quantitative estimate of drug-likeness (QED) is 0.621. The summed E-state index contributed by atoms with van der Waals surface area (Å²) in [5.41, 5.74) is -0.0333. The second kappa shape index (κ2) is 3.91. The number of hydrogen-bond donors (Lipinski definition) is 3. The molecule has 6 nitrogen and oxygen atoms in total. The van der Waals surface area contributed by atoms with Gasteiger partial charge in [0.05, 0.1) is 6.20 Å². The van der Waals surface area contributed by atoms with Crippen molar-refractivity contribution in [2.75, 3.05) is 0 Å². The van der Waals surface area contributed by atoms with Crippen LogP contribution in [0.2, 0.25) is 0 Å². The SMILES string of the molecule is CC(C)NC(=O)c1cnc(O)c(O)n1. The highest BCUT2D eigenvalue weighted by atomic mass is 16.3. The lowest BCUT2D eigenvalue weighted by atomic mass is 10.3. The van der Waals surface area contributed by atoms with Crippen LogP contribution in [0, 0.1) is 0 Å². The van der Waals surface area contributed by atoms with Crippen molar-refractivity contribution < 1.29 is 15.0 Å². The second-order valence-electron chi connectivity index (χ2n) is 3.03. The molecule has 0 atom stereocenters. The molecule has 6 heteroatoms. The van der Waals surface area contributed by atoms with Gasteiger partial charge in [-0.1, -0.05) is 0 Å². The number of nitrogens with zero attached hydrogens (tertiary/aromatic N) is 2. The van der Waals surface area contributed by atoms with Crippen molar-refractivity contribution in [2.45, 2.75) is 19.9 Å². The zero-order valence-corrected chi connectivity index (χ0v) is 7.85. The summed E-state index contributed by atoms with van der Waals surface area (Å²) in [5, 5.41) is 20.4. The van der Waals surface area contributed by atoms with Crippen LogP contribution in [0.25, 0.3) is 0 Å². The highest BCUT2D eigenvalue weighted by Crippen LogP contribution is 2.16. The summed E-state index contributed by atoms with van der Waals surface area (Å²) in [6.45, 7) is 3.59. The normalized spacial score (nSPS) is 10.2. The number of hydrogen-bond acceptors (Lipinski definition) is 5. The summed E-state index contributed by atoms with van der Waals surface area (Å²) in [4.78, 5) is 18.2. The first-order valence-electron chi connectivity index (χ1n) is 4.06. The third-order valence-electron chi connectivity index (χ3n) is 1.39. The van der Waals surface area contributed by atoms with E-state index in [-0.39, 0.29) is 11.7 Å². The lowest BCUT2D eigenvalue weighted by Crippen LogP contribution is -2.30. The lowest BCUT2D eigenvalue weighted by molar-refractivity contribution is 0.0936. The van der Waals surface area contributed by atoms with Gasteiger partial charge in [0.1, 0.15) is 0 Å². The Morgan fingerprint density at radius 2 is 2.07 bits per heavy atom. The van der Waals surface area contributed by atoms with Crippen LogP contribution in [0.15, 0.2) is 6.20 Å². The van der Waals surface area contributed by atoms with Gasteiger partial charge in [0.25, 0.3) is 17.7 Å². The molecule has 0 radical (unpaired) electrons.